The number of anilines is 3. The number of carbonyl (C=O) groups excluding carboxylic acids is 2. The van der Waals surface area contributed by atoms with Gasteiger partial charge < -0.3 is 15.2 Å². The minimum absolute atomic E-state index is 0.0494. The van der Waals surface area contributed by atoms with E-state index in [2.05, 4.69) is 22.1 Å². The number of carbonyl (C=O) groups is 2. The van der Waals surface area contributed by atoms with Crippen molar-refractivity contribution in [3.8, 4) is 0 Å². The van der Waals surface area contributed by atoms with E-state index in [9.17, 15) is 14.0 Å². The molecule has 0 bridgehead atoms. The average Bonchev–Trinajstić information content (AvgIpc) is 3.38. The van der Waals surface area contributed by atoms with Crippen LogP contribution in [0.1, 0.15) is 57.2 Å². The molecule has 2 N–H and O–H groups in total. The van der Waals surface area contributed by atoms with Gasteiger partial charge in [0.15, 0.2) is 11.6 Å². The molecule has 0 radical (unpaired) electrons. The quantitative estimate of drug-likeness (QED) is 0.226. The van der Waals surface area contributed by atoms with Crippen LogP contribution in [0.2, 0.25) is 0 Å². The number of benzene rings is 3. The van der Waals surface area contributed by atoms with E-state index in [0.29, 0.717) is 28.8 Å². The number of hydrogen-bond acceptors (Lipinski definition) is 4. The van der Waals surface area contributed by atoms with Gasteiger partial charge in [-0.3, -0.25) is 9.59 Å². The minimum atomic E-state index is -0.423. The first-order valence-corrected chi connectivity index (χ1v) is 13.5. The number of Topliss-reactive ketones (excluding diaryl/α,β-unsaturated/α-hetero) is 2. The maximum Gasteiger partial charge on any atom is 0.169 e. The fourth-order valence-corrected chi connectivity index (χ4v) is 5.07. The lowest BCUT2D eigenvalue weighted by Gasteiger charge is -2.32. The SMILES string of the molecule is Cc1c[nH]cc1C(=O)Cc1ccc(Nc2ccc(CC(=O)c3ccc(N4CCC(C)CC4)cc3)cc2)c(F)c1. The average molecular weight is 524 g/mol. The van der Waals surface area contributed by atoms with Gasteiger partial charge in [0.25, 0.3) is 0 Å². The summed E-state index contributed by atoms with van der Waals surface area (Å²) in [5.74, 6) is 0.380. The van der Waals surface area contributed by atoms with Crippen LogP contribution < -0.4 is 10.2 Å². The van der Waals surface area contributed by atoms with Gasteiger partial charge in [-0.1, -0.05) is 25.1 Å². The number of aryl methyl sites for hydroxylation is 1. The van der Waals surface area contributed by atoms with E-state index in [1.165, 1.54) is 24.6 Å². The standard InChI is InChI=1S/C33H34FN3O2/c1-22-13-15-37(16-14-22)28-10-6-26(7-11-28)32(38)18-24-3-8-27(9-4-24)36-31-12-5-25(17-30(31)34)19-33(39)29-21-35-20-23(29)2/h3-12,17,20-22,35-36H,13-16,18-19H2,1-2H3. The molecule has 0 aliphatic carbocycles. The fourth-order valence-electron chi connectivity index (χ4n) is 5.07. The van der Waals surface area contributed by atoms with Crippen LogP contribution in [-0.2, 0) is 12.8 Å². The van der Waals surface area contributed by atoms with Gasteiger partial charge in [-0.25, -0.2) is 4.39 Å². The van der Waals surface area contributed by atoms with E-state index in [-0.39, 0.29) is 18.0 Å². The number of nitrogens with one attached hydrogen (secondary N) is 2. The Hall–Kier alpha value is -4.19. The van der Waals surface area contributed by atoms with Crippen LogP contribution in [0.3, 0.4) is 0 Å². The normalized spacial score (nSPS) is 13.9. The third kappa shape index (κ3) is 6.45. The second kappa shape index (κ2) is 11.7. The molecule has 39 heavy (non-hydrogen) atoms. The lowest BCUT2D eigenvalue weighted by Crippen LogP contribution is -2.32. The van der Waals surface area contributed by atoms with Gasteiger partial charge >= 0.3 is 0 Å². The van der Waals surface area contributed by atoms with Crippen LogP contribution >= 0.6 is 0 Å². The van der Waals surface area contributed by atoms with E-state index >= 15 is 0 Å². The topological polar surface area (TPSA) is 65.2 Å². The van der Waals surface area contributed by atoms with Gasteiger partial charge in [0.1, 0.15) is 5.82 Å². The molecule has 0 saturated carbocycles. The highest BCUT2D eigenvalue weighted by atomic mass is 19.1. The van der Waals surface area contributed by atoms with Gasteiger partial charge in [0, 0.05) is 60.8 Å². The third-order valence-electron chi connectivity index (χ3n) is 7.59. The maximum absolute atomic E-state index is 14.8. The predicted molar refractivity (Wildman–Crippen MR) is 155 cm³/mol. The molecule has 0 atom stereocenters. The molecule has 3 aromatic carbocycles. The van der Waals surface area contributed by atoms with Gasteiger partial charge in [-0.15, -0.1) is 0 Å². The number of hydrogen-bond donors (Lipinski definition) is 2. The summed E-state index contributed by atoms with van der Waals surface area (Å²) in [6.45, 7) is 6.30. The zero-order valence-electron chi connectivity index (χ0n) is 22.5. The van der Waals surface area contributed by atoms with E-state index in [0.717, 1.165) is 35.8 Å². The summed E-state index contributed by atoms with van der Waals surface area (Å²) in [6.07, 6.45) is 6.30. The molecule has 6 heteroatoms. The number of rotatable bonds is 9. The summed E-state index contributed by atoms with van der Waals surface area (Å²) in [6, 6.07) is 20.2. The number of halogens is 1. The third-order valence-corrected chi connectivity index (χ3v) is 7.59. The first kappa shape index (κ1) is 26.4. The second-order valence-corrected chi connectivity index (χ2v) is 10.6. The van der Waals surface area contributed by atoms with Crippen molar-refractivity contribution in [3.05, 3.63) is 113 Å². The number of ketones is 2. The Labute approximate surface area is 229 Å². The van der Waals surface area contributed by atoms with Crippen LogP contribution in [0.15, 0.2) is 79.1 Å². The molecular weight excluding hydrogens is 489 g/mol. The second-order valence-electron chi connectivity index (χ2n) is 10.6. The number of aromatic amines is 1. The number of nitrogens with zero attached hydrogens (tertiary/aromatic N) is 1. The Morgan fingerprint density at radius 1 is 0.897 bits per heavy atom. The molecular formula is C33H34FN3O2. The molecule has 1 aliphatic rings. The summed E-state index contributed by atoms with van der Waals surface area (Å²) in [5.41, 5.74) is 5.96. The van der Waals surface area contributed by atoms with Crippen molar-refractivity contribution in [1.29, 1.82) is 0 Å². The van der Waals surface area contributed by atoms with Crippen molar-refractivity contribution in [3.63, 3.8) is 0 Å². The number of aromatic nitrogens is 1. The van der Waals surface area contributed by atoms with Crippen LogP contribution in [0.4, 0.5) is 21.5 Å². The molecule has 1 fully saturated rings. The summed E-state index contributed by atoms with van der Waals surface area (Å²) in [7, 11) is 0. The van der Waals surface area contributed by atoms with Crippen molar-refractivity contribution in [1.82, 2.24) is 4.98 Å². The van der Waals surface area contributed by atoms with Gasteiger partial charge in [0.2, 0.25) is 0 Å². The van der Waals surface area contributed by atoms with E-state index in [1.807, 2.05) is 55.5 Å². The van der Waals surface area contributed by atoms with Crippen molar-refractivity contribution in [2.45, 2.75) is 39.5 Å². The molecule has 0 unspecified atom stereocenters. The molecule has 2 heterocycles. The van der Waals surface area contributed by atoms with Crippen LogP contribution in [0.25, 0.3) is 0 Å². The highest BCUT2D eigenvalue weighted by Crippen LogP contribution is 2.25. The zero-order chi connectivity index (χ0) is 27.4. The Morgan fingerprint density at radius 3 is 2.21 bits per heavy atom. The zero-order valence-corrected chi connectivity index (χ0v) is 22.5. The van der Waals surface area contributed by atoms with Crippen LogP contribution in [-0.4, -0.2) is 29.6 Å². The Morgan fingerprint density at radius 2 is 1.56 bits per heavy atom. The van der Waals surface area contributed by atoms with Crippen molar-refractivity contribution in [2.75, 3.05) is 23.3 Å². The monoisotopic (exact) mass is 523 g/mol. The largest absolute Gasteiger partial charge is 0.372 e. The van der Waals surface area contributed by atoms with E-state index < -0.39 is 5.82 Å². The summed E-state index contributed by atoms with van der Waals surface area (Å²) in [5, 5.41) is 3.09. The molecule has 1 saturated heterocycles. The van der Waals surface area contributed by atoms with Crippen molar-refractivity contribution >= 4 is 28.6 Å². The summed E-state index contributed by atoms with van der Waals surface area (Å²) < 4.78 is 14.8. The Balaban J connectivity index is 1.16. The Bertz CT molecular complexity index is 1450. The van der Waals surface area contributed by atoms with E-state index in [4.69, 9.17) is 0 Å². The van der Waals surface area contributed by atoms with Crippen LogP contribution in [0.5, 0.6) is 0 Å². The molecule has 1 aromatic heterocycles. The highest BCUT2D eigenvalue weighted by molar-refractivity contribution is 5.99. The van der Waals surface area contributed by atoms with E-state index in [1.54, 1.807) is 24.5 Å². The van der Waals surface area contributed by atoms with Gasteiger partial charge in [-0.2, -0.15) is 0 Å². The predicted octanol–water partition coefficient (Wildman–Crippen LogP) is 7.29. The highest BCUT2D eigenvalue weighted by Gasteiger charge is 2.17. The molecule has 5 rings (SSSR count). The number of piperidine rings is 1. The molecule has 5 nitrogen and oxygen atoms in total. The van der Waals surface area contributed by atoms with Gasteiger partial charge in [0.05, 0.1) is 5.69 Å². The molecule has 1 aliphatic heterocycles. The molecule has 200 valence electrons. The number of H-pyrrole nitrogens is 1. The van der Waals surface area contributed by atoms with Crippen LogP contribution in [0, 0.1) is 18.7 Å². The lowest BCUT2D eigenvalue weighted by molar-refractivity contribution is 0.0984. The first-order valence-electron chi connectivity index (χ1n) is 13.5. The smallest absolute Gasteiger partial charge is 0.169 e. The molecule has 0 amide bonds. The first-order chi connectivity index (χ1) is 18.9. The van der Waals surface area contributed by atoms with Crippen molar-refractivity contribution < 1.29 is 14.0 Å². The molecule has 4 aromatic rings. The Kier molecular flexibility index (Phi) is 7.92. The summed E-state index contributed by atoms with van der Waals surface area (Å²) >= 11 is 0. The fraction of sp³-hybridized carbons (Fsp3) is 0.273. The molecule has 0 spiro atoms. The van der Waals surface area contributed by atoms with Gasteiger partial charge in [-0.05, 0) is 90.9 Å². The maximum atomic E-state index is 14.8. The minimum Gasteiger partial charge on any atom is -0.372 e. The van der Waals surface area contributed by atoms with Crippen molar-refractivity contribution in [2.24, 2.45) is 5.92 Å². The lowest BCUT2D eigenvalue weighted by atomic mass is 9.98. The summed E-state index contributed by atoms with van der Waals surface area (Å²) in [4.78, 5) is 30.7.